The Bertz CT molecular complexity index is 645. The van der Waals surface area contributed by atoms with E-state index in [0.717, 1.165) is 17.9 Å². The lowest BCUT2D eigenvalue weighted by Gasteiger charge is -2.28. The highest BCUT2D eigenvalue weighted by Gasteiger charge is 2.26. The quantitative estimate of drug-likeness (QED) is 0.822. The van der Waals surface area contributed by atoms with Gasteiger partial charge in [-0.3, -0.25) is 9.69 Å². The van der Waals surface area contributed by atoms with Gasteiger partial charge in [0.2, 0.25) is 5.91 Å². The van der Waals surface area contributed by atoms with Crippen LogP contribution < -0.4 is 0 Å². The molecule has 1 aromatic heterocycles. The standard InChI is InChI=1S/C18H26N4O/c1-6-22-12-11-19-16(22)13-21(5)18(23)17(20(3)4)15-9-7-14(2)8-10-15/h7-12,17H,6,13H2,1-5H3. The van der Waals surface area contributed by atoms with Crippen LogP contribution in [-0.4, -0.2) is 46.4 Å². The molecule has 0 aliphatic rings. The molecule has 0 saturated heterocycles. The van der Waals surface area contributed by atoms with Gasteiger partial charge in [0.05, 0.1) is 6.54 Å². The van der Waals surface area contributed by atoms with Gasteiger partial charge >= 0.3 is 0 Å². The molecule has 1 aromatic carbocycles. The molecule has 1 heterocycles. The number of likely N-dealkylation sites (N-methyl/N-ethyl adjacent to an activating group) is 2. The van der Waals surface area contributed by atoms with Gasteiger partial charge in [0.25, 0.3) is 0 Å². The zero-order chi connectivity index (χ0) is 17.0. The van der Waals surface area contributed by atoms with E-state index in [0.29, 0.717) is 6.54 Å². The third-order valence-electron chi connectivity index (χ3n) is 4.04. The second-order valence-electron chi connectivity index (χ2n) is 6.10. The predicted molar refractivity (Wildman–Crippen MR) is 92.0 cm³/mol. The Hall–Kier alpha value is -2.14. The van der Waals surface area contributed by atoms with E-state index in [9.17, 15) is 4.79 Å². The average Bonchev–Trinajstić information content (AvgIpc) is 2.96. The summed E-state index contributed by atoms with van der Waals surface area (Å²) in [6, 6.07) is 7.86. The zero-order valence-corrected chi connectivity index (χ0v) is 14.7. The monoisotopic (exact) mass is 314 g/mol. The zero-order valence-electron chi connectivity index (χ0n) is 14.7. The van der Waals surface area contributed by atoms with Crippen molar-refractivity contribution in [2.24, 2.45) is 0 Å². The molecule has 5 heteroatoms. The summed E-state index contributed by atoms with van der Waals surface area (Å²) in [5, 5.41) is 0. The Balaban J connectivity index is 2.18. The second kappa shape index (κ2) is 7.42. The van der Waals surface area contributed by atoms with Gasteiger partial charge in [-0.15, -0.1) is 0 Å². The molecule has 0 spiro atoms. The van der Waals surface area contributed by atoms with Crippen molar-refractivity contribution in [1.29, 1.82) is 0 Å². The van der Waals surface area contributed by atoms with Crippen molar-refractivity contribution in [1.82, 2.24) is 19.4 Å². The van der Waals surface area contributed by atoms with Crippen LogP contribution in [0.25, 0.3) is 0 Å². The fourth-order valence-corrected chi connectivity index (χ4v) is 2.69. The molecule has 0 fully saturated rings. The van der Waals surface area contributed by atoms with Crippen molar-refractivity contribution in [3.63, 3.8) is 0 Å². The van der Waals surface area contributed by atoms with E-state index in [1.807, 2.05) is 63.4 Å². The molecule has 1 amide bonds. The maximum Gasteiger partial charge on any atom is 0.244 e. The van der Waals surface area contributed by atoms with Gasteiger partial charge in [0.1, 0.15) is 11.9 Å². The largest absolute Gasteiger partial charge is 0.337 e. The van der Waals surface area contributed by atoms with Crippen LogP contribution in [0, 0.1) is 6.92 Å². The Labute approximate surface area is 138 Å². The minimum Gasteiger partial charge on any atom is -0.337 e. The Morgan fingerprint density at radius 3 is 2.43 bits per heavy atom. The minimum atomic E-state index is -0.286. The molecule has 0 N–H and O–H groups in total. The summed E-state index contributed by atoms with van der Waals surface area (Å²) >= 11 is 0. The average molecular weight is 314 g/mol. The van der Waals surface area contributed by atoms with Gasteiger partial charge in [-0.25, -0.2) is 4.98 Å². The van der Waals surface area contributed by atoms with E-state index in [2.05, 4.69) is 16.5 Å². The normalized spacial score (nSPS) is 12.4. The molecule has 1 unspecified atom stereocenters. The highest BCUT2D eigenvalue weighted by Crippen LogP contribution is 2.21. The number of nitrogens with zero attached hydrogens (tertiary/aromatic N) is 4. The number of aromatic nitrogens is 2. The number of rotatable bonds is 6. The van der Waals surface area contributed by atoms with Crippen molar-refractivity contribution >= 4 is 5.91 Å². The molecule has 2 aromatic rings. The molecule has 2 rings (SSSR count). The number of benzene rings is 1. The summed E-state index contributed by atoms with van der Waals surface area (Å²) in [7, 11) is 5.70. The van der Waals surface area contributed by atoms with Crippen molar-refractivity contribution in [3.8, 4) is 0 Å². The maximum atomic E-state index is 12.9. The van der Waals surface area contributed by atoms with Gasteiger partial charge in [0.15, 0.2) is 0 Å². The Morgan fingerprint density at radius 1 is 1.22 bits per heavy atom. The van der Waals surface area contributed by atoms with Crippen LogP contribution in [-0.2, 0) is 17.9 Å². The predicted octanol–water partition coefficient (Wildman–Crippen LogP) is 2.47. The summed E-state index contributed by atoms with van der Waals surface area (Å²) in [6.45, 7) is 5.48. The lowest BCUT2D eigenvalue weighted by molar-refractivity contribution is -0.135. The van der Waals surface area contributed by atoms with E-state index in [1.165, 1.54) is 5.56 Å². The van der Waals surface area contributed by atoms with Crippen molar-refractivity contribution in [2.45, 2.75) is 33.0 Å². The van der Waals surface area contributed by atoms with Crippen molar-refractivity contribution < 1.29 is 4.79 Å². The summed E-state index contributed by atoms with van der Waals surface area (Å²) in [5.74, 6) is 0.981. The molecule has 0 bridgehead atoms. The number of amides is 1. The van der Waals surface area contributed by atoms with Gasteiger partial charge in [-0.1, -0.05) is 29.8 Å². The Kier molecular flexibility index (Phi) is 5.55. The lowest BCUT2D eigenvalue weighted by Crippen LogP contribution is -2.38. The van der Waals surface area contributed by atoms with E-state index in [4.69, 9.17) is 0 Å². The van der Waals surface area contributed by atoms with Crippen LogP contribution in [0.4, 0.5) is 0 Å². The van der Waals surface area contributed by atoms with E-state index in [1.54, 1.807) is 11.1 Å². The number of imidazole rings is 1. The maximum absolute atomic E-state index is 12.9. The summed E-state index contributed by atoms with van der Waals surface area (Å²) in [5.41, 5.74) is 2.20. The molecule has 124 valence electrons. The number of carbonyl (C=O) groups is 1. The molecule has 5 nitrogen and oxygen atoms in total. The van der Waals surface area contributed by atoms with Gasteiger partial charge in [-0.2, -0.15) is 0 Å². The van der Waals surface area contributed by atoms with Crippen LogP contribution >= 0.6 is 0 Å². The number of hydrogen-bond donors (Lipinski definition) is 0. The van der Waals surface area contributed by atoms with Gasteiger partial charge < -0.3 is 9.47 Å². The van der Waals surface area contributed by atoms with Crippen LogP contribution in [0.5, 0.6) is 0 Å². The van der Waals surface area contributed by atoms with E-state index >= 15 is 0 Å². The van der Waals surface area contributed by atoms with Crippen LogP contribution in [0.1, 0.15) is 29.9 Å². The molecule has 0 saturated carbocycles. The first kappa shape index (κ1) is 17.2. The smallest absolute Gasteiger partial charge is 0.244 e. The van der Waals surface area contributed by atoms with Crippen LogP contribution in [0.3, 0.4) is 0 Å². The third-order valence-corrected chi connectivity index (χ3v) is 4.04. The van der Waals surface area contributed by atoms with E-state index in [-0.39, 0.29) is 11.9 Å². The summed E-state index contributed by atoms with van der Waals surface area (Å²) in [6.07, 6.45) is 3.72. The fraction of sp³-hybridized carbons (Fsp3) is 0.444. The first-order chi connectivity index (χ1) is 10.9. The lowest BCUT2D eigenvalue weighted by atomic mass is 10.0. The highest BCUT2D eigenvalue weighted by atomic mass is 16.2. The third kappa shape index (κ3) is 3.99. The first-order valence-corrected chi connectivity index (χ1v) is 7.92. The summed E-state index contributed by atoms with van der Waals surface area (Å²) in [4.78, 5) is 21.0. The molecule has 1 atom stereocenters. The second-order valence-corrected chi connectivity index (χ2v) is 6.10. The van der Waals surface area contributed by atoms with E-state index < -0.39 is 0 Å². The molecule has 23 heavy (non-hydrogen) atoms. The number of aryl methyl sites for hydroxylation is 2. The molecule has 0 radical (unpaired) electrons. The Morgan fingerprint density at radius 2 is 1.87 bits per heavy atom. The van der Waals surface area contributed by atoms with Gasteiger partial charge in [-0.05, 0) is 33.5 Å². The minimum absolute atomic E-state index is 0.0736. The summed E-state index contributed by atoms with van der Waals surface area (Å²) < 4.78 is 2.06. The first-order valence-electron chi connectivity index (χ1n) is 7.92. The highest BCUT2D eigenvalue weighted by molar-refractivity contribution is 5.83. The number of hydrogen-bond acceptors (Lipinski definition) is 3. The molecular weight excluding hydrogens is 288 g/mol. The molecule has 0 aliphatic carbocycles. The molecular formula is C18H26N4O. The molecule has 0 aliphatic heterocycles. The van der Waals surface area contributed by atoms with Gasteiger partial charge in [0, 0.05) is 26.0 Å². The van der Waals surface area contributed by atoms with Crippen molar-refractivity contribution in [3.05, 3.63) is 53.6 Å². The van der Waals surface area contributed by atoms with Crippen molar-refractivity contribution in [2.75, 3.05) is 21.1 Å². The van der Waals surface area contributed by atoms with Crippen LogP contribution in [0.15, 0.2) is 36.7 Å². The number of carbonyl (C=O) groups excluding carboxylic acids is 1. The topological polar surface area (TPSA) is 41.4 Å². The fourth-order valence-electron chi connectivity index (χ4n) is 2.69. The SMILES string of the molecule is CCn1ccnc1CN(C)C(=O)C(c1ccc(C)cc1)N(C)C. The van der Waals surface area contributed by atoms with Crippen LogP contribution in [0.2, 0.25) is 0 Å².